The maximum Gasteiger partial charge on any atom is 0.490 e. The molecule has 0 amide bonds. The van der Waals surface area contributed by atoms with Gasteiger partial charge in [0.15, 0.2) is 0 Å². The molecule has 4 nitrogen and oxygen atoms in total. The Labute approximate surface area is 196 Å². The average Bonchev–Trinajstić information content (AvgIpc) is 2.75. The number of rotatable bonds is 3. The minimum absolute atomic E-state index is 0.211. The van der Waals surface area contributed by atoms with E-state index in [-0.39, 0.29) is 6.04 Å². The summed E-state index contributed by atoms with van der Waals surface area (Å²) in [6, 6.07) is 10.7. The third kappa shape index (κ3) is 6.82. The number of nitrogens with one attached hydrogen (secondary N) is 1. The number of benzene rings is 2. The number of nitrogens with two attached hydrogens (primary N) is 1. The van der Waals surface area contributed by atoms with Crippen molar-refractivity contribution in [2.75, 3.05) is 11.9 Å². The van der Waals surface area contributed by atoms with Crippen LogP contribution in [0.1, 0.15) is 42.4 Å². The largest absolute Gasteiger partial charge is 0.490 e. The second-order valence-corrected chi connectivity index (χ2v) is 9.45. The third-order valence-corrected chi connectivity index (χ3v) is 6.95. The number of hydrogen-bond acceptors (Lipinski definition) is 4. The van der Waals surface area contributed by atoms with Crippen LogP contribution in [0.2, 0.25) is 0 Å². The molecule has 34 heavy (non-hydrogen) atoms. The Kier molecular flexibility index (Phi) is 8.07. The number of hydrogen-bond donors (Lipinski definition) is 3. The summed E-state index contributed by atoms with van der Waals surface area (Å²) >= 11 is 1.43. The first kappa shape index (κ1) is 26.2. The van der Waals surface area contributed by atoms with Gasteiger partial charge in [0, 0.05) is 34.5 Å². The molecule has 1 aliphatic carbocycles. The van der Waals surface area contributed by atoms with Crippen LogP contribution in [0.4, 0.5) is 32.0 Å². The molecule has 1 saturated carbocycles. The van der Waals surface area contributed by atoms with Gasteiger partial charge in [-0.2, -0.15) is 26.3 Å². The Balaban J connectivity index is 0.000000406. The van der Waals surface area contributed by atoms with Gasteiger partial charge < -0.3 is 16.2 Å². The van der Waals surface area contributed by atoms with Crippen molar-refractivity contribution < 1.29 is 36.2 Å². The molecule has 0 spiro atoms. The summed E-state index contributed by atoms with van der Waals surface area (Å²) in [7, 11) is 0. The van der Waals surface area contributed by atoms with Crippen molar-refractivity contribution in [1.29, 1.82) is 0 Å². The van der Waals surface area contributed by atoms with Crippen molar-refractivity contribution in [2.45, 2.75) is 60.3 Å². The number of alkyl halides is 6. The van der Waals surface area contributed by atoms with Crippen LogP contribution in [0.3, 0.4) is 0 Å². The van der Waals surface area contributed by atoms with E-state index >= 15 is 0 Å². The maximum absolute atomic E-state index is 13.4. The minimum Gasteiger partial charge on any atom is -0.475 e. The van der Waals surface area contributed by atoms with Gasteiger partial charge >= 0.3 is 18.3 Å². The van der Waals surface area contributed by atoms with E-state index in [2.05, 4.69) is 5.32 Å². The number of carbonyl (C=O) groups is 1. The standard InChI is InChI=1S/C21H23F3N2S.C2HF3O2/c22-21(23,24)15-10-18(26-12-13-4-3-6-16(25)8-13)17-9-14-5-1-2-7-19(14)27-20(17)11-15;3-2(4,5)1(6)7/h1-2,5,7,10-11,13,16,26H,3-4,6,8-9,12,25H2;(H,6,7)/t13-,16-;/m0./s1. The average molecular weight is 507 g/mol. The second kappa shape index (κ2) is 10.5. The van der Waals surface area contributed by atoms with Crippen LogP contribution in [0, 0.1) is 5.92 Å². The van der Waals surface area contributed by atoms with Gasteiger partial charge in [0.1, 0.15) is 0 Å². The molecular weight excluding hydrogens is 482 g/mol. The third-order valence-electron chi connectivity index (χ3n) is 5.74. The fourth-order valence-electron chi connectivity index (χ4n) is 4.07. The Morgan fingerprint density at radius 3 is 2.38 bits per heavy atom. The van der Waals surface area contributed by atoms with Crippen molar-refractivity contribution in [1.82, 2.24) is 0 Å². The van der Waals surface area contributed by atoms with Gasteiger partial charge in [-0.3, -0.25) is 0 Å². The summed E-state index contributed by atoms with van der Waals surface area (Å²) in [4.78, 5) is 10.6. The highest BCUT2D eigenvalue weighted by Gasteiger charge is 2.38. The van der Waals surface area contributed by atoms with Crippen LogP contribution in [-0.4, -0.2) is 29.8 Å². The number of fused-ring (bicyclic) bond motifs is 2. The van der Waals surface area contributed by atoms with E-state index in [1.807, 2.05) is 24.3 Å². The lowest BCUT2D eigenvalue weighted by atomic mass is 9.86. The fraction of sp³-hybridized carbons (Fsp3) is 0.435. The molecule has 0 bridgehead atoms. The van der Waals surface area contributed by atoms with Gasteiger partial charge in [-0.25, -0.2) is 4.79 Å². The number of halogens is 6. The van der Waals surface area contributed by atoms with Crippen molar-refractivity contribution in [3.05, 3.63) is 53.1 Å². The van der Waals surface area contributed by atoms with Gasteiger partial charge in [0.25, 0.3) is 0 Å². The molecule has 2 aromatic rings. The highest BCUT2D eigenvalue weighted by atomic mass is 32.2. The number of anilines is 1. The van der Waals surface area contributed by atoms with E-state index in [4.69, 9.17) is 15.6 Å². The first-order valence-corrected chi connectivity index (χ1v) is 11.5. The van der Waals surface area contributed by atoms with Crippen molar-refractivity contribution >= 4 is 23.4 Å². The van der Waals surface area contributed by atoms with E-state index in [0.717, 1.165) is 41.7 Å². The van der Waals surface area contributed by atoms with Crippen LogP contribution in [0.5, 0.6) is 0 Å². The lowest BCUT2D eigenvalue weighted by Crippen LogP contribution is -2.31. The summed E-state index contributed by atoms with van der Waals surface area (Å²) in [5.41, 5.74) is 8.21. The van der Waals surface area contributed by atoms with Gasteiger partial charge in [-0.05, 0) is 54.5 Å². The van der Waals surface area contributed by atoms with Crippen molar-refractivity contribution in [3.8, 4) is 0 Å². The zero-order valence-electron chi connectivity index (χ0n) is 18.0. The van der Waals surface area contributed by atoms with Crippen LogP contribution < -0.4 is 11.1 Å². The molecule has 0 radical (unpaired) electrons. The molecule has 4 rings (SSSR count). The van der Waals surface area contributed by atoms with Crippen LogP contribution in [0.15, 0.2) is 46.2 Å². The van der Waals surface area contributed by atoms with Gasteiger partial charge in [0.05, 0.1) is 5.56 Å². The first-order chi connectivity index (χ1) is 15.8. The van der Waals surface area contributed by atoms with Crippen LogP contribution in [0.25, 0.3) is 0 Å². The van der Waals surface area contributed by atoms with E-state index < -0.39 is 23.9 Å². The predicted octanol–water partition coefficient (Wildman–Crippen LogP) is 6.32. The lowest BCUT2D eigenvalue weighted by molar-refractivity contribution is -0.192. The fourth-order valence-corrected chi connectivity index (χ4v) is 5.22. The molecular formula is C23H24F6N2O2S. The monoisotopic (exact) mass is 506 g/mol. The molecule has 11 heteroatoms. The molecule has 0 aromatic heterocycles. The predicted molar refractivity (Wildman–Crippen MR) is 117 cm³/mol. The quantitative estimate of drug-likeness (QED) is 0.363. The molecule has 0 unspecified atom stereocenters. The van der Waals surface area contributed by atoms with Crippen molar-refractivity contribution in [3.63, 3.8) is 0 Å². The molecule has 1 aliphatic heterocycles. The highest BCUT2D eigenvalue weighted by Crippen LogP contribution is 2.45. The van der Waals surface area contributed by atoms with Gasteiger partial charge in [-0.15, -0.1) is 0 Å². The molecule has 186 valence electrons. The van der Waals surface area contributed by atoms with E-state index in [1.54, 1.807) is 0 Å². The van der Waals surface area contributed by atoms with Crippen molar-refractivity contribution in [2.24, 2.45) is 11.7 Å². The van der Waals surface area contributed by atoms with Crippen LogP contribution >= 0.6 is 11.8 Å². The minimum atomic E-state index is -5.08. The Hall–Kier alpha value is -2.40. The van der Waals surface area contributed by atoms with Gasteiger partial charge in [0.2, 0.25) is 0 Å². The summed E-state index contributed by atoms with van der Waals surface area (Å²) in [5, 5.41) is 10.5. The Morgan fingerprint density at radius 2 is 1.76 bits per heavy atom. The smallest absolute Gasteiger partial charge is 0.475 e. The summed E-state index contributed by atoms with van der Waals surface area (Å²) in [5.74, 6) is -2.34. The number of carboxylic acids is 1. The van der Waals surface area contributed by atoms with Crippen LogP contribution in [-0.2, 0) is 17.4 Å². The molecule has 0 saturated heterocycles. The number of aliphatic carboxylic acids is 1. The topological polar surface area (TPSA) is 75.3 Å². The molecule has 2 aliphatic rings. The Morgan fingerprint density at radius 1 is 1.09 bits per heavy atom. The number of carboxylic acid groups (broad SMARTS) is 1. The van der Waals surface area contributed by atoms with E-state index in [0.29, 0.717) is 29.5 Å². The second-order valence-electron chi connectivity index (χ2n) is 8.36. The summed E-state index contributed by atoms with van der Waals surface area (Å²) in [6.07, 6.45) is -4.62. The zero-order valence-corrected chi connectivity index (χ0v) is 18.8. The summed E-state index contributed by atoms with van der Waals surface area (Å²) in [6.45, 7) is 0.674. The zero-order chi connectivity index (χ0) is 25.1. The normalized spacial score (nSPS) is 19.9. The molecule has 1 fully saturated rings. The lowest BCUT2D eigenvalue weighted by Gasteiger charge is -2.29. The van der Waals surface area contributed by atoms with Gasteiger partial charge in [-0.1, -0.05) is 36.4 Å². The molecule has 2 atom stereocenters. The Bertz CT molecular complexity index is 1030. The van der Waals surface area contributed by atoms with E-state index in [9.17, 15) is 26.3 Å². The molecule has 2 aromatic carbocycles. The SMILES string of the molecule is N[C@H]1CCC[C@H](CNc2cc(C(F)(F)F)cc3c2Cc2ccccc2S3)C1.O=C(O)C(F)(F)F. The molecule has 4 N–H and O–H groups in total. The highest BCUT2D eigenvalue weighted by molar-refractivity contribution is 7.99. The maximum atomic E-state index is 13.4. The molecule has 1 heterocycles. The van der Waals surface area contributed by atoms with E-state index in [1.165, 1.54) is 23.9 Å². The summed E-state index contributed by atoms with van der Waals surface area (Å²) < 4.78 is 72.0. The first-order valence-electron chi connectivity index (χ1n) is 10.6.